The lowest BCUT2D eigenvalue weighted by atomic mass is 9.75. The lowest BCUT2D eigenvalue weighted by Crippen LogP contribution is -2.36. The molecule has 4 nitrogen and oxygen atoms in total. The predicted octanol–water partition coefficient (Wildman–Crippen LogP) is 3.33. The van der Waals surface area contributed by atoms with Crippen LogP contribution >= 0.6 is 0 Å². The maximum Gasteiger partial charge on any atom is 0.419 e. The molecule has 1 heterocycles. The Hall–Kier alpha value is -1.32. The van der Waals surface area contributed by atoms with Crippen LogP contribution in [0.15, 0.2) is 18.7 Å². The van der Waals surface area contributed by atoms with Gasteiger partial charge >= 0.3 is 6.09 Å². The minimum Gasteiger partial charge on any atom is -0.445 e. The number of hydrogen-bond acceptors (Lipinski definition) is 3. The molecule has 0 aliphatic heterocycles. The van der Waals surface area contributed by atoms with Crippen molar-refractivity contribution >= 4 is 6.09 Å². The summed E-state index contributed by atoms with van der Waals surface area (Å²) in [6, 6.07) is 0. The van der Waals surface area contributed by atoms with E-state index in [1.54, 1.807) is 12.4 Å². The Morgan fingerprint density at radius 1 is 1.44 bits per heavy atom. The van der Waals surface area contributed by atoms with E-state index in [2.05, 4.69) is 25.8 Å². The number of carbonyl (C=O) groups is 1. The molecule has 0 unspecified atom stereocenters. The summed E-state index contributed by atoms with van der Waals surface area (Å²) in [5.74, 6) is 1.76. The van der Waals surface area contributed by atoms with E-state index in [1.165, 1.54) is 10.9 Å². The first-order chi connectivity index (χ1) is 8.58. The van der Waals surface area contributed by atoms with Gasteiger partial charge in [0, 0.05) is 12.4 Å². The third kappa shape index (κ3) is 2.92. The van der Waals surface area contributed by atoms with Crippen LogP contribution in [0.1, 0.15) is 40.0 Å². The van der Waals surface area contributed by atoms with E-state index < -0.39 is 0 Å². The van der Waals surface area contributed by atoms with Gasteiger partial charge in [-0.2, -0.15) is 0 Å². The van der Waals surface area contributed by atoms with Crippen molar-refractivity contribution in [3.63, 3.8) is 0 Å². The van der Waals surface area contributed by atoms with Gasteiger partial charge in [-0.25, -0.2) is 14.3 Å². The van der Waals surface area contributed by atoms with E-state index in [0.29, 0.717) is 11.8 Å². The van der Waals surface area contributed by atoms with E-state index in [-0.39, 0.29) is 12.2 Å². The smallest absolute Gasteiger partial charge is 0.419 e. The molecule has 0 N–H and O–H groups in total. The first kappa shape index (κ1) is 13.1. The van der Waals surface area contributed by atoms with E-state index in [9.17, 15) is 4.79 Å². The molecule has 0 amide bonds. The molecule has 0 aromatic carbocycles. The highest BCUT2D eigenvalue weighted by Crippen LogP contribution is 2.35. The Labute approximate surface area is 108 Å². The number of ether oxygens (including phenoxy) is 1. The molecule has 3 atom stereocenters. The van der Waals surface area contributed by atoms with Crippen LogP contribution in [-0.2, 0) is 4.74 Å². The number of aromatic nitrogens is 2. The Kier molecular flexibility index (Phi) is 4.04. The van der Waals surface area contributed by atoms with E-state index in [0.717, 1.165) is 25.2 Å². The van der Waals surface area contributed by atoms with Gasteiger partial charge in [0.25, 0.3) is 0 Å². The largest absolute Gasteiger partial charge is 0.445 e. The monoisotopic (exact) mass is 250 g/mol. The molecule has 1 saturated carbocycles. The van der Waals surface area contributed by atoms with Crippen molar-refractivity contribution in [2.45, 2.75) is 46.1 Å². The summed E-state index contributed by atoms with van der Waals surface area (Å²) in [5, 5.41) is 0. The van der Waals surface area contributed by atoms with Crippen LogP contribution < -0.4 is 0 Å². The zero-order valence-electron chi connectivity index (χ0n) is 11.4. The van der Waals surface area contributed by atoms with Crippen LogP contribution in [0.3, 0.4) is 0 Å². The van der Waals surface area contributed by atoms with Gasteiger partial charge in [0.2, 0.25) is 0 Å². The Morgan fingerprint density at radius 3 is 2.83 bits per heavy atom. The number of nitrogens with zero attached hydrogens (tertiary/aromatic N) is 2. The van der Waals surface area contributed by atoms with E-state index in [4.69, 9.17) is 4.74 Å². The molecule has 4 heteroatoms. The van der Waals surface area contributed by atoms with Crippen molar-refractivity contribution in [1.29, 1.82) is 0 Å². The van der Waals surface area contributed by atoms with Crippen LogP contribution in [0.4, 0.5) is 4.79 Å². The summed E-state index contributed by atoms with van der Waals surface area (Å²) in [4.78, 5) is 15.8. The van der Waals surface area contributed by atoms with Gasteiger partial charge < -0.3 is 4.74 Å². The topological polar surface area (TPSA) is 44.1 Å². The fraction of sp³-hybridized carbons (Fsp3) is 0.714. The van der Waals surface area contributed by atoms with Gasteiger partial charge in [-0.1, -0.05) is 20.8 Å². The van der Waals surface area contributed by atoms with Crippen molar-refractivity contribution in [1.82, 2.24) is 9.55 Å². The normalized spacial score (nSPS) is 28.3. The van der Waals surface area contributed by atoms with Gasteiger partial charge in [-0.3, -0.25) is 0 Å². The molecule has 1 aromatic rings. The molecule has 100 valence electrons. The average molecular weight is 250 g/mol. The van der Waals surface area contributed by atoms with Gasteiger partial charge in [0.05, 0.1) is 0 Å². The number of rotatable bonds is 2. The molecule has 2 rings (SSSR count). The molecule has 1 fully saturated rings. The summed E-state index contributed by atoms with van der Waals surface area (Å²) in [7, 11) is 0. The molecule has 0 radical (unpaired) electrons. The summed E-state index contributed by atoms with van der Waals surface area (Å²) < 4.78 is 7.04. The highest BCUT2D eigenvalue weighted by molar-refractivity contribution is 5.70. The fourth-order valence-corrected chi connectivity index (χ4v) is 2.80. The van der Waals surface area contributed by atoms with Crippen LogP contribution in [-0.4, -0.2) is 21.7 Å². The first-order valence-corrected chi connectivity index (χ1v) is 6.77. The number of imidazole rings is 1. The fourth-order valence-electron chi connectivity index (χ4n) is 2.80. The van der Waals surface area contributed by atoms with Crippen LogP contribution in [0.25, 0.3) is 0 Å². The minimum atomic E-state index is -0.308. The number of carbonyl (C=O) groups excluding carboxylic acids is 1. The SMILES string of the molecule is CC(C)[C@H]1C[C@H](C)CC[C@@H]1OC(=O)n1ccnc1. The molecule has 18 heavy (non-hydrogen) atoms. The maximum absolute atomic E-state index is 11.9. The van der Waals surface area contributed by atoms with E-state index in [1.807, 2.05) is 0 Å². The zero-order chi connectivity index (χ0) is 13.1. The molecule has 1 aromatic heterocycles. The Balaban J connectivity index is 2.00. The van der Waals surface area contributed by atoms with Gasteiger partial charge in [0.15, 0.2) is 0 Å². The highest BCUT2D eigenvalue weighted by atomic mass is 16.6. The molecule has 0 bridgehead atoms. The first-order valence-electron chi connectivity index (χ1n) is 6.77. The standard InChI is InChI=1S/C14H22N2O2/c1-10(2)12-8-11(3)4-5-13(12)18-14(17)16-7-6-15-9-16/h6-7,9-13H,4-5,8H2,1-3H3/t11-,12-,13+/m1/s1. The lowest BCUT2D eigenvalue weighted by Gasteiger charge is -2.36. The second-order valence-electron chi connectivity index (χ2n) is 5.72. The summed E-state index contributed by atoms with van der Waals surface area (Å²) >= 11 is 0. The molecular weight excluding hydrogens is 228 g/mol. The summed E-state index contributed by atoms with van der Waals surface area (Å²) in [6.45, 7) is 6.70. The zero-order valence-corrected chi connectivity index (χ0v) is 11.4. The Morgan fingerprint density at radius 2 is 2.22 bits per heavy atom. The van der Waals surface area contributed by atoms with Crippen LogP contribution in [0.2, 0.25) is 0 Å². The highest BCUT2D eigenvalue weighted by Gasteiger charge is 2.33. The summed E-state index contributed by atoms with van der Waals surface area (Å²) in [6.07, 6.45) is 7.71. The molecular formula is C14H22N2O2. The quantitative estimate of drug-likeness (QED) is 0.808. The van der Waals surface area contributed by atoms with Gasteiger partial charge in [-0.05, 0) is 37.0 Å². The second-order valence-corrected chi connectivity index (χ2v) is 5.72. The molecule has 1 aliphatic rings. The van der Waals surface area contributed by atoms with Crippen LogP contribution in [0, 0.1) is 17.8 Å². The Bertz CT molecular complexity index is 387. The predicted molar refractivity (Wildman–Crippen MR) is 69.2 cm³/mol. The lowest BCUT2D eigenvalue weighted by molar-refractivity contribution is 0.00832. The summed E-state index contributed by atoms with van der Waals surface area (Å²) in [5.41, 5.74) is 0. The third-order valence-corrected chi connectivity index (χ3v) is 3.92. The van der Waals surface area contributed by atoms with E-state index >= 15 is 0 Å². The van der Waals surface area contributed by atoms with Crippen molar-refractivity contribution in [3.05, 3.63) is 18.7 Å². The number of hydrogen-bond donors (Lipinski definition) is 0. The van der Waals surface area contributed by atoms with Crippen molar-refractivity contribution in [2.24, 2.45) is 17.8 Å². The van der Waals surface area contributed by atoms with Crippen molar-refractivity contribution in [3.8, 4) is 0 Å². The molecule has 1 aliphatic carbocycles. The molecule has 0 saturated heterocycles. The third-order valence-electron chi connectivity index (χ3n) is 3.92. The maximum atomic E-state index is 11.9. The van der Waals surface area contributed by atoms with Crippen LogP contribution in [0.5, 0.6) is 0 Å². The van der Waals surface area contributed by atoms with Crippen molar-refractivity contribution < 1.29 is 9.53 Å². The van der Waals surface area contributed by atoms with Gasteiger partial charge in [-0.15, -0.1) is 0 Å². The molecule has 0 spiro atoms. The minimum absolute atomic E-state index is 0.0519. The second kappa shape index (κ2) is 5.55. The average Bonchev–Trinajstić information content (AvgIpc) is 2.84. The van der Waals surface area contributed by atoms with Gasteiger partial charge in [0.1, 0.15) is 12.4 Å². The van der Waals surface area contributed by atoms with Crippen molar-refractivity contribution in [2.75, 3.05) is 0 Å².